The first-order valence-electron chi connectivity index (χ1n) is 9.88. The smallest absolute Gasteiger partial charge is 0.257 e. The molecule has 4 aromatic rings. The fourth-order valence-corrected chi connectivity index (χ4v) is 4.39. The van der Waals surface area contributed by atoms with Gasteiger partial charge in [0, 0.05) is 11.8 Å². The van der Waals surface area contributed by atoms with Crippen LogP contribution in [-0.4, -0.2) is 23.2 Å². The van der Waals surface area contributed by atoms with Crippen molar-refractivity contribution < 1.29 is 13.6 Å². The number of thiophene rings is 1. The number of nitrogens with one attached hydrogen (secondary N) is 1. The summed E-state index contributed by atoms with van der Waals surface area (Å²) in [5.41, 5.74) is 1.75. The van der Waals surface area contributed by atoms with Crippen molar-refractivity contribution in [2.75, 3.05) is 6.54 Å². The van der Waals surface area contributed by atoms with Crippen LogP contribution in [0.2, 0.25) is 0 Å². The zero-order valence-corrected chi connectivity index (χ0v) is 17.3. The molecule has 0 spiro atoms. The van der Waals surface area contributed by atoms with Crippen LogP contribution in [0.3, 0.4) is 0 Å². The summed E-state index contributed by atoms with van der Waals surface area (Å²) in [5, 5.41) is 12.5. The minimum Gasteiger partial charge on any atom is -0.467 e. The molecular formula is C23H21N3O3S. The van der Waals surface area contributed by atoms with Gasteiger partial charge in [0.2, 0.25) is 0 Å². The SMILES string of the molecule is CC(NCC(=O)N1N=C(c2cccs2)CC1c1ccco1)c1cc2ccccc2o1. The summed E-state index contributed by atoms with van der Waals surface area (Å²) in [6.45, 7) is 2.13. The molecule has 2 atom stereocenters. The molecule has 1 aliphatic heterocycles. The van der Waals surface area contributed by atoms with E-state index >= 15 is 0 Å². The zero-order valence-electron chi connectivity index (χ0n) is 16.4. The molecule has 4 heterocycles. The molecule has 152 valence electrons. The Kier molecular flexibility index (Phi) is 4.98. The maximum absolute atomic E-state index is 13.1. The quantitative estimate of drug-likeness (QED) is 0.471. The van der Waals surface area contributed by atoms with E-state index in [1.807, 2.05) is 66.9 Å². The van der Waals surface area contributed by atoms with Gasteiger partial charge in [0.15, 0.2) is 0 Å². The average molecular weight is 420 g/mol. The lowest BCUT2D eigenvalue weighted by Crippen LogP contribution is -2.36. The highest BCUT2D eigenvalue weighted by Gasteiger charge is 2.35. The largest absolute Gasteiger partial charge is 0.467 e. The first-order valence-corrected chi connectivity index (χ1v) is 10.8. The van der Waals surface area contributed by atoms with Gasteiger partial charge in [-0.1, -0.05) is 24.3 Å². The summed E-state index contributed by atoms with van der Waals surface area (Å²) in [6, 6.07) is 17.3. The van der Waals surface area contributed by atoms with Crippen LogP contribution in [0.4, 0.5) is 0 Å². The van der Waals surface area contributed by atoms with Crippen LogP contribution in [0.15, 0.2) is 80.2 Å². The molecule has 7 heteroatoms. The second-order valence-electron chi connectivity index (χ2n) is 7.29. The van der Waals surface area contributed by atoms with E-state index in [9.17, 15) is 4.79 Å². The summed E-state index contributed by atoms with van der Waals surface area (Å²) in [5.74, 6) is 1.44. The summed E-state index contributed by atoms with van der Waals surface area (Å²) < 4.78 is 11.5. The maximum atomic E-state index is 13.1. The number of carbonyl (C=O) groups excluding carboxylic acids is 1. The van der Waals surface area contributed by atoms with Gasteiger partial charge in [-0.3, -0.25) is 10.1 Å². The van der Waals surface area contributed by atoms with E-state index in [0.29, 0.717) is 6.42 Å². The van der Waals surface area contributed by atoms with Crippen molar-refractivity contribution in [3.63, 3.8) is 0 Å². The van der Waals surface area contributed by atoms with Gasteiger partial charge in [-0.15, -0.1) is 11.3 Å². The molecule has 0 bridgehead atoms. The minimum absolute atomic E-state index is 0.105. The number of amides is 1. The van der Waals surface area contributed by atoms with Gasteiger partial charge in [0.1, 0.15) is 23.1 Å². The number of hydrogen-bond donors (Lipinski definition) is 1. The number of nitrogens with zero attached hydrogens (tertiary/aromatic N) is 2. The predicted octanol–water partition coefficient (Wildman–Crippen LogP) is 5.12. The van der Waals surface area contributed by atoms with Crippen LogP contribution in [0, 0.1) is 0 Å². The Morgan fingerprint density at radius 1 is 1.27 bits per heavy atom. The topological polar surface area (TPSA) is 71.0 Å². The zero-order chi connectivity index (χ0) is 20.5. The Morgan fingerprint density at radius 3 is 2.93 bits per heavy atom. The van der Waals surface area contributed by atoms with Gasteiger partial charge in [-0.05, 0) is 42.6 Å². The number of benzene rings is 1. The highest BCUT2D eigenvalue weighted by molar-refractivity contribution is 7.12. The number of rotatable bonds is 6. The lowest BCUT2D eigenvalue weighted by molar-refractivity contribution is -0.132. The second-order valence-corrected chi connectivity index (χ2v) is 8.23. The molecule has 2 unspecified atom stereocenters. The van der Waals surface area contributed by atoms with Crippen LogP contribution in [0.5, 0.6) is 0 Å². The third kappa shape index (κ3) is 3.58. The van der Waals surface area contributed by atoms with E-state index in [0.717, 1.165) is 33.1 Å². The third-order valence-electron chi connectivity index (χ3n) is 5.27. The number of para-hydroxylation sites is 1. The average Bonchev–Trinajstić information content (AvgIpc) is 3.56. The molecule has 5 rings (SSSR count). The van der Waals surface area contributed by atoms with E-state index in [2.05, 4.69) is 10.4 Å². The van der Waals surface area contributed by atoms with E-state index in [1.165, 1.54) is 0 Å². The summed E-state index contributed by atoms with van der Waals surface area (Å²) >= 11 is 1.62. The van der Waals surface area contributed by atoms with Crippen LogP contribution in [0.25, 0.3) is 11.0 Å². The standard InChI is InChI=1S/C23H21N3O3S/c1-15(21-12-16-6-2-3-7-19(16)29-21)24-14-23(27)26-18(20-8-4-10-28-20)13-17(25-26)22-9-5-11-30-22/h2-12,15,18,24H,13-14H2,1H3. The fourth-order valence-electron chi connectivity index (χ4n) is 3.67. The number of hydrazone groups is 1. The summed E-state index contributed by atoms with van der Waals surface area (Å²) in [4.78, 5) is 14.1. The van der Waals surface area contributed by atoms with E-state index < -0.39 is 0 Å². The van der Waals surface area contributed by atoms with Gasteiger partial charge in [-0.2, -0.15) is 5.10 Å². The number of fused-ring (bicyclic) bond motifs is 1. The Bertz CT molecular complexity index is 1140. The van der Waals surface area contributed by atoms with E-state index in [1.54, 1.807) is 22.6 Å². The molecule has 3 aromatic heterocycles. The molecule has 1 aliphatic rings. The highest BCUT2D eigenvalue weighted by atomic mass is 32.1. The van der Waals surface area contributed by atoms with Crippen molar-refractivity contribution in [2.24, 2.45) is 5.10 Å². The molecule has 30 heavy (non-hydrogen) atoms. The Balaban J connectivity index is 1.31. The summed E-state index contributed by atoms with van der Waals surface area (Å²) in [6.07, 6.45) is 2.27. The lowest BCUT2D eigenvalue weighted by atomic mass is 10.1. The first kappa shape index (κ1) is 18.8. The molecule has 0 aliphatic carbocycles. The predicted molar refractivity (Wildman–Crippen MR) is 116 cm³/mol. The highest BCUT2D eigenvalue weighted by Crippen LogP contribution is 2.34. The van der Waals surface area contributed by atoms with Gasteiger partial charge in [0.25, 0.3) is 5.91 Å². The number of carbonyl (C=O) groups is 1. The molecule has 0 radical (unpaired) electrons. The van der Waals surface area contributed by atoms with Crippen LogP contribution < -0.4 is 5.32 Å². The van der Waals surface area contributed by atoms with Crippen molar-refractivity contribution >= 4 is 33.9 Å². The Hall–Kier alpha value is -3.16. The van der Waals surface area contributed by atoms with Crippen molar-refractivity contribution in [3.05, 3.63) is 82.6 Å². The normalized spacial score (nSPS) is 17.4. The monoisotopic (exact) mass is 419 g/mol. The fraction of sp³-hybridized carbons (Fsp3) is 0.217. The van der Waals surface area contributed by atoms with Crippen molar-refractivity contribution in [3.8, 4) is 0 Å². The van der Waals surface area contributed by atoms with Crippen LogP contribution in [-0.2, 0) is 4.79 Å². The van der Waals surface area contributed by atoms with Crippen LogP contribution in [0.1, 0.15) is 41.8 Å². The molecule has 1 N–H and O–H groups in total. The lowest BCUT2D eigenvalue weighted by Gasteiger charge is -2.21. The maximum Gasteiger partial charge on any atom is 0.257 e. The number of furan rings is 2. The minimum atomic E-state index is -0.229. The molecule has 1 aromatic carbocycles. The van der Waals surface area contributed by atoms with Crippen molar-refractivity contribution in [1.29, 1.82) is 0 Å². The molecule has 1 amide bonds. The van der Waals surface area contributed by atoms with Gasteiger partial charge in [0.05, 0.1) is 29.4 Å². The van der Waals surface area contributed by atoms with E-state index in [-0.39, 0.29) is 24.5 Å². The Labute approximate surface area is 177 Å². The van der Waals surface area contributed by atoms with Gasteiger partial charge >= 0.3 is 0 Å². The first-order chi connectivity index (χ1) is 14.7. The molecule has 6 nitrogen and oxygen atoms in total. The number of hydrogen-bond acceptors (Lipinski definition) is 6. The third-order valence-corrected chi connectivity index (χ3v) is 6.19. The summed E-state index contributed by atoms with van der Waals surface area (Å²) in [7, 11) is 0. The molecule has 0 saturated heterocycles. The Morgan fingerprint density at radius 2 is 2.17 bits per heavy atom. The van der Waals surface area contributed by atoms with E-state index in [4.69, 9.17) is 8.83 Å². The molecule has 0 saturated carbocycles. The van der Waals surface area contributed by atoms with Crippen LogP contribution >= 0.6 is 11.3 Å². The van der Waals surface area contributed by atoms with Crippen molar-refractivity contribution in [2.45, 2.75) is 25.4 Å². The second kappa shape index (κ2) is 7.93. The molecule has 0 fully saturated rings. The van der Waals surface area contributed by atoms with Gasteiger partial charge in [-0.25, -0.2) is 5.01 Å². The van der Waals surface area contributed by atoms with Gasteiger partial charge < -0.3 is 8.83 Å². The molecular weight excluding hydrogens is 398 g/mol. The van der Waals surface area contributed by atoms with Crippen molar-refractivity contribution in [1.82, 2.24) is 10.3 Å².